The van der Waals surface area contributed by atoms with E-state index >= 15 is 0 Å². The molecule has 1 aromatic rings. The third-order valence-electron chi connectivity index (χ3n) is 3.38. The van der Waals surface area contributed by atoms with Crippen molar-refractivity contribution in [2.75, 3.05) is 0 Å². The van der Waals surface area contributed by atoms with E-state index in [1.54, 1.807) is 0 Å². The van der Waals surface area contributed by atoms with Gasteiger partial charge in [0.1, 0.15) is 6.29 Å². The van der Waals surface area contributed by atoms with Gasteiger partial charge in [-0.1, -0.05) is 32.9 Å². The lowest BCUT2D eigenvalue weighted by atomic mass is 9.87. The lowest BCUT2D eigenvalue weighted by Crippen LogP contribution is -2.02. The molecule has 1 rings (SSSR count). The molecule has 0 radical (unpaired) electrons. The van der Waals surface area contributed by atoms with Gasteiger partial charge in [0.25, 0.3) is 0 Å². The fourth-order valence-electron chi connectivity index (χ4n) is 2.03. The number of benzene rings is 1. The van der Waals surface area contributed by atoms with E-state index in [1.165, 1.54) is 22.3 Å². The van der Waals surface area contributed by atoms with E-state index in [0.29, 0.717) is 18.3 Å². The second-order valence-corrected chi connectivity index (χ2v) is 5.01. The summed E-state index contributed by atoms with van der Waals surface area (Å²) in [5.41, 5.74) is 5.37. The van der Waals surface area contributed by atoms with Crippen molar-refractivity contribution in [1.29, 1.82) is 0 Å². The fourth-order valence-corrected chi connectivity index (χ4v) is 2.03. The maximum Gasteiger partial charge on any atom is 0.120 e. The van der Waals surface area contributed by atoms with Gasteiger partial charge in [-0.05, 0) is 47.9 Å². The first-order chi connectivity index (χ1) is 7.47. The number of aryl methyl sites for hydroxylation is 1. The first-order valence-corrected chi connectivity index (χ1v) is 6.02. The summed E-state index contributed by atoms with van der Waals surface area (Å²) in [5, 5.41) is 0. The molecule has 1 heteroatoms. The monoisotopic (exact) mass is 218 g/mol. The average Bonchev–Trinajstić information content (AvgIpc) is 2.21. The number of aldehydes is 1. The van der Waals surface area contributed by atoms with Crippen LogP contribution in [0.25, 0.3) is 0 Å². The van der Waals surface area contributed by atoms with Crippen LogP contribution in [0, 0.1) is 13.8 Å². The van der Waals surface area contributed by atoms with Crippen LogP contribution >= 0.6 is 0 Å². The second-order valence-electron chi connectivity index (χ2n) is 5.01. The molecule has 0 bridgehead atoms. The van der Waals surface area contributed by atoms with Crippen molar-refractivity contribution in [2.45, 2.75) is 52.9 Å². The van der Waals surface area contributed by atoms with Crippen molar-refractivity contribution in [2.24, 2.45) is 0 Å². The van der Waals surface area contributed by atoms with Gasteiger partial charge in [-0.25, -0.2) is 0 Å². The van der Waals surface area contributed by atoms with Crippen LogP contribution in [0.2, 0.25) is 0 Å². The van der Waals surface area contributed by atoms with Crippen LogP contribution in [0.5, 0.6) is 0 Å². The Morgan fingerprint density at radius 1 is 1.19 bits per heavy atom. The van der Waals surface area contributed by atoms with E-state index in [9.17, 15) is 4.79 Å². The van der Waals surface area contributed by atoms with Crippen molar-refractivity contribution in [3.8, 4) is 0 Å². The van der Waals surface area contributed by atoms with Crippen molar-refractivity contribution in [3.05, 3.63) is 34.4 Å². The van der Waals surface area contributed by atoms with Gasteiger partial charge in [0.2, 0.25) is 0 Å². The van der Waals surface area contributed by atoms with E-state index in [2.05, 4.69) is 46.8 Å². The van der Waals surface area contributed by atoms with E-state index in [-0.39, 0.29) is 0 Å². The number of hydrogen-bond acceptors (Lipinski definition) is 1. The Morgan fingerprint density at radius 2 is 1.81 bits per heavy atom. The summed E-state index contributed by atoms with van der Waals surface area (Å²) < 4.78 is 0. The van der Waals surface area contributed by atoms with Gasteiger partial charge in [-0.15, -0.1) is 0 Å². The standard InChI is InChI=1S/C15H22O/c1-10(2)14-8-12(4)13(5)15(9-14)11(3)6-7-16/h7-11H,6H2,1-5H3. The Bertz CT molecular complexity index is 377. The molecule has 1 atom stereocenters. The average molecular weight is 218 g/mol. The molecule has 0 amide bonds. The van der Waals surface area contributed by atoms with Gasteiger partial charge in [0.05, 0.1) is 0 Å². The molecule has 0 saturated carbocycles. The second kappa shape index (κ2) is 5.29. The summed E-state index contributed by atoms with van der Waals surface area (Å²) in [6.07, 6.45) is 1.63. The smallest absolute Gasteiger partial charge is 0.120 e. The maximum atomic E-state index is 10.6. The molecule has 0 spiro atoms. The Balaban J connectivity index is 3.20. The van der Waals surface area contributed by atoms with Gasteiger partial charge >= 0.3 is 0 Å². The molecule has 16 heavy (non-hydrogen) atoms. The third kappa shape index (κ3) is 2.72. The minimum Gasteiger partial charge on any atom is -0.303 e. The van der Waals surface area contributed by atoms with Crippen LogP contribution in [0.4, 0.5) is 0 Å². The molecular formula is C15H22O. The molecule has 0 saturated heterocycles. The topological polar surface area (TPSA) is 17.1 Å². The molecular weight excluding hydrogens is 196 g/mol. The third-order valence-corrected chi connectivity index (χ3v) is 3.38. The van der Waals surface area contributed by atoms with Crippen LogP contribution < -0.4 is 0 Å². The van der Waals surface area contributed by atoms with Crippen LogP contribution in [0.15, 0.2) is 12.1 Å². The largest absolute Gasteiger partial charge is 0.303 e. The highest BCUT2D eigenvalue weighted by Crippen LogP contribution is 2.28. The zero-order valence-electron chi connectivity index (χ0n) is 11.0. The van der Waals surface area contributed by atoms with Gasteiger partial charge in [-0.3, -0.25) is 0 Å². The zero-order valence-corrected chi connectivity index (χ0v) is 11.0. The highest BCUT2D eigenvalue weighted by Gasteiger charge is 2.12. The van der Waals surface area contributed by atoms with Crippen molar-refractivity contribution < 1.29 is 4.79 Å². The molecule has 0 heterocycles. The molecule has 1 unspecified atom stereocenters. The lowest BCUT2D eigenvalue weighted by molar-refractivity contribution is -0.108. The minimum atomic E-state index is 0.329. The molecule has 0 aliphatic rings. The molecule has 0 fully saturated rings. The van der Waals surface area contributed by atoms with Crippen LogP contribution in [-0.2, 0) is 4.79 Å². The highest BCUT2D eigenvalue weighted by atomic mass is 16.1. The molecule has 88 valence electrons. The van der Waals surface area contributed by atoms with Crippen molar-refractivity contribution in [1.82, 2.24) is 0 Å². The van der Waals surface area contributed by atoms with Crippen LogP contribution in [-0.4, -0.2) is 6.29 Å². The summed E-state index contributed by atoms with van der Waals surface area (Å²) in [5.74, 6) is 0.872. The molecule has 1 nitrogen and oxygen atoms in total. The molecule has 0 aromatic heterocycles. The Hall–Kier alpha value is -1.11. The van der Waals surface area contributed by atoms with Gasteiger partial charge in [0, 0.05) is 6.42 Å². The first-order valence-electron chi connectivity index (χ1n) is 6.02. The SMILES string of the molecule is Cc1cc(C(C)C)cc(C(C)CC=O)c1C. The van der Waals surface area contributed by atoms with Gasteiger partial charge < -0.3 is 4.79 Å². The number of rotatable bonds is 4. The maximum absolute atomic E-state index is 10.6. The number of carbonyl (C=O) groups excluding carboxylic acids is 1. The van der Waals surface area contributed by atoms with Gasteiger partial charge in [-0.2, -0.15) is 0 Å². The Kier molecular flexibility index (Phi) is 4.28. The van der Waals surface area contributed by atoms with Crippen molar-refractivity contribution >= 4 is 6.29 Å². The van der Waals surface area contributed by atoms with Crippen LogP contribution in [0.3, 0.4) is 0 Å². The summed E-state index contributed by atoms with van der Waals surface area (Å²) in [6.45, 7) is 10.8. The quantitative estimate of drug-likeness (QED) is 0.695. The summed E-state index contributed by atoms with van der Waals surface area (Å²) in [4.78, 5) is 10.6. The van der Waals surface area contributed by atoms with E-state index < -0.39 is 0 Å². The first kappa shape index (κ1) is 13.0. The Labute approximate surface area is 98.9 Å². The highest BCUT2D eigenvalue weighted by molar-refractivity contribution is 5.53. The zero-order chi connectivity index (χ0) is 12.3. The predicted octanol–water partition coefficient (Wildman–Crippen LogP) is 4.12. The summed E-state index contributed by atoms with van der Waals surface area (Å²) in [7, 11) is 0. The van der Waals surface area contributed by atoms with E-state index in [1.807, 2.05) is 0 Å². The summed E-state index contributed by atoms with van der Waals surface area (Å²) >= 11 is 0. The van der Waals surface area contributed by atoms with E-state index in [0.717, 1.165) is 6.29 Å². The predicted molar refractivity (Wildman–Crippen MR) is 69.1 cm³/mol. The van der Waals surface area contributed by atoms with Crippen LogP contribution in [0.1, 0.15) is 61.3 Å². The normalized spacial score (nSPS) is 12.9. The summed E-state index contributed by atoms with van der Waals surface area (Å²) in [6, 6.07) is 4.53. The van der Waals surface area contributed by atoms with E-state index in [4.69, 9.17) is 0 Å². The fraction of sp³-hybridized carbons (Fsp3) is 0.533. The lowest BCUT2D eigenvalue weighted by Gasteiger charge is -2.18. The molecule has 1 aromatic carbocycles. The molecule has 0 N–H and O–H groups in total. The Morgan fingerprint density at radius 3 is 2.31 bits per heavy atom. The van der Waals surface area contributed by atoms with Crippen molar-refractivity contribution in [3.63, 3.8) is 0 Å². The minimum absolute atomic E-state index is 0.329. The number of carbonyl (C=O) groups is 1. The molecule has 0 aliphatic heterocycles. The number of hydrogen-bond donors (Lipinski definition) is 0. The molecule has 0 aliphatic carbocycles. The van der Waals surface area contributed by atoms with Gasteiger partial charge in [0.15, 0.2) is 0 Å².